The highest BCUT2D eigenvalue weighted by Crippen LogP contribution is 2.14. The summed E-state index contributed by atoms with van der Waals surface area (Å²) in [7, 11) is 0. The molecule has 0 aliphatic carbocycles. The Hall–Kier alpha value is -2.73. The monoisotopic (exact) mass is 278 g/mol. The number of H-pyrrole nitrogens is 1. The molecule has 0 radical (unpaired) electrons. The topological polar surface area (TPSA) is 25.0 Å². The predicted octanol–water partition coefficient (Wildman–Crippen LogP) is 3.92. The molecule has 1 aromatic heterocycles. The van der Waals surface area contributed by atoms with E-state index in [1.807, 2.05) is 42.6 Å². The molecule has 3 heteroatoms. The summed E-state index contributed by atoms with van der Waals surface area (Å²) in [5.41, 5.74) is 2.94. The Kier molecular flexibility index (Phi) is 3.88. The van der Waals surface area contributed by atoms with Gasteiger partial charge in [0, 0.05) is 22.8 Å². The average Bonchev–Trinajstić information content (AvgIpc) is 2.99. The number of halogens is 1. The number of hydrogen-bond donors (Lipinski definition) is 1. The summed E-state index contributed by atoms with van der Waals surface area (Å²) >= 11 is 0. The number of aromatic nitrogens is 1. The zero-order valence-electron chi connectivity index (χ0n) is 11.4. The molecule has 3 aromatic rings. The first-order valence-electron chi connectivity index (χ1n) is 6.73. The van der Waals surface area contributed by atoms with E-state index in [0.717, 1.165) is 16.6 Å². The van der Waals surface area contributed by atoms with Crippen molar-refractivity contribution in [1.29, 1.82) is 0 Å². The van der Waals surface area contributed by atoms with Crippen LogP contribution in [0.2, 0.25) is 0 Å². The summed E-state index contributed by atoms with van der Waals surface area (Å²) in [6, 6.07) is 15.4. The van der Waals surface area contributed by atoms with Crippen LogP contribution >= 0.6 is 0 Å². The molecule has 0 aliphatic rings. The molecule has 2 nitrogen and oxygen atoms in total. The van der Waals surface area contributed by atoms with E-state index in [0.29, 0.717) is 5.75 Å². The number of nitrogens with one attached hydrogen (secondary N) is 1. The Labute approximate surface area is 122 Å². The van der Waals surface area contributed by atoms with Gasteiger partial charge in [0.1, 0.15) is 19.0 Å². The van der Waals surface area contributed by atoms with Crippen LogP contribution in [0.15, 0.2) is 54.7 Å². The second-order valence-corrected chi connectivity index (χ2v) is 4.59. The fourth-order valence-electron chi connectivity index (χ4n) is 2.06. The highest BCUT2D eigenvalue weighted by atomic mass is 18.2. The van der Waals surface area contributed by atoms with Crippen molar-refractivity contribution in [3.63, 3.8) is 0 Å². The highest BCUT2D eigenvalue weighted by Gasteiger charge is 1.95. The molecule has 104 valence electrons. The molecule has 0 saturated heterocycles. The van der Waals surface area contributed by atoms with Crippen LogP contribution < -0.4 is 4.74 Å². The SMILES string of the molecule is [18F]CCOc1ccc(C#Cc2ccc3cc[nH]c3c2)cc1. The summed E-state index contributed by atoms with van der Waals surface area (Å²) in [6.45, 7) is -0.399. The Balaban J connectivity index is 1.76. The standard InChI is InChI=1S/C18H14FNO/c19-10-12-21-17-7-4-14(5-8-17)1-2-15-3-6-16-9-11-20-18(16)13-15/h3-9,11,13,20H,10,12H2/i19-1. The molecule has 0 atom stereocenters. The largest absolute Gasteiger partial charge is 0.491 e. The summed E-state index contributed by atoms with van der Waals surface area (Å²) in [5, 5.41) is 1.18. The molecule has 3 rings (SSSR count). The third kappa shape index (κ3) is 3.24. The van der Waals surface area contributed by atoms with Crippen LogP contribution in [0.4, 0.5) is 4.39 Å². The van der Waals surface area contributed by atoms with Gasteiger partial charge in [-0.05, 0) is 47.9 Å². The molecule has 21 heavy (non-hydrogen) atoms. The van der Waals surface area contributed by atoms with E-state index < -0.39 is 6.67 Å². The number of aromatic amines is 1. The summed E-state index contributed by atoms with van der Waals surface area (Å²) in [6.07, 6.45) is 1.91. The number of alkyl halides is 1. The summed E-state index contributed by atoms with van der Waals surface area (Å²) in [4.78, 5) is 3.17. The molecule has 1 heterocycles. The number of ether oxygens (including phenoxy) is 1. The van der Waals surface area contributed by atoms with Gasteiger partial charge >= 0.3 is 0 Å². The maximum atomic E-state index is 12.0. The predicted molar refractivity (Wildman–Crippen MR) is 82.2 cm³/mol. The van der Waals surface area contributed by atoms with Crippen LogP contribution in [0, 0.1) is 11.8 Å². The van der Waals surface area contributed by atoms with Crippen molar-refractivity contribution in [2.75, 3.05) is 13.3 Å². The molecular formula is C18H14FNO. The van der Waals surface area contributed by atoms with E-state index in [1.54, 1.807) is 12.1 Å². The van der Waals surface area contributed by atoms with Crippen molar-refractivity contribution in [1.82, 2.24) is 4.98 Å². The summed E-state index contributed by atoms with van der Waals surface area (Å²) < 4.78 is 17.2. The quantitative estimate of drug-likeness (QED) is 0.722. The molecular weight excluding hydrogens is 264 g/mol. The molecule has 0 aliphatic heterocycles. The van der Waals surface area contributed by atoms with Crippen molar-refractivity contribution >= 4 is 10.9 Å². The number of hydrogen-bond acceptors (Lipinski definition) is 1. The Bertz CT molecular complexity index is 793. The minimum Gasteiger partial charge on any atom is -0.491 e. The first-order chi connectivity index (χ1) is 10.3. The number of rotatable bonds is 3. The third-order valence-electron chi connectivity index (χ3n) is 3.11. The van der Waals surface area contributed by atoms with Gasteiger partial charge in [0.15, 0.2) is 0 Å². The number of fused-ring (bicyclic) bond motifs is 1. The van der Waals surface area contributed by atoms with Crippen molar-refractivity contribution in [2.45, 2.75) is 0 Å². The Morgan fingerprint density at radius 1 is 0.952 bits per heavy atom. The van der Waals surface area contributed by atoms with Gasteiger partial charge in [-0.2, -0.15) is 0 Å². The molecule has 1 N–H and O–H groups in total. The molecule has 2 aromatic carbocycles. The van der Waals surface area contributed by atoms with Crippen molar-refractivity contribution < 1.29 is 9.13 Å². The van der Waals surface area contributed by atoms with Crippen LogP contribution in [0.3, 0.4) is 0 Å². The summed E-state index contributed by atoms with van der Waals surface area (Å²) in [5.74, 6) is 6.90. The maximum absolute atomic E-state index is 12.0. The Morgan fingerprint density at radius 2 is 1.71 bits per heavy atom. The van der Waals surface area contributed by atoms with Crippen molar-refractivity contribution in [3.05, 3.63) is 65.9 Å². The lowest BCUT2D eigenvalue weighted by atomic mass is 10.1. The average molecular weight is 278 g/mol. The van der Waals surface area contributed by atoms with Gasteiger partial charge in [-0.25, -0.2) is 4.39 Å². The lowest BCUT2D eigenvalue weighted by Gasteiger charge is -2.02. The van der Waals surface area contributed by atoms with E-state index in [2.05, 4.69) is 16.8 Å². The van der Waals surface area contributed by atoms with Crippen LogP contribution in [-0.4, -0.2) is 18.3 Å². The minimum atomic E-state index is -0.483. The Morgan fingerprint density at radius 3 is 2.52 bits per heavy atom. The first-order valence-corrected chi connectivity index (χ1v) is 6.73. The molecule has 0 amide bonds. The molecule has 0 bridgehead atoms. The normalized spacial score (nSPS) is 10.1. The lowest BCUT2D eigenvalue weighted by Crippen LogP contribution is -1.98. The van der Waals surface area contributed by atoms with Crippen molar-refractivity contribution in [2.24, 2.45) is 0 Å². The van der Waals surface area contributed by atoms with Gasteiger partial charge in [0.25, 0.3) is 0 Å². The molecule has 0 saturated carbocycles. The van der Waals surface area contributed by atoms with Gasteiger partial charge in [0.2, 0.25) is 0 Å². The van der Waals surface area contributed by atoms with Gasteiger partial charge in [-0.15, -0.1) is 0 Å². The zero-order chi connectivity index (χ0) is 14.5. The fourth-order valence-corrected chi connectivity index (χ4v) is 2.06. The minimum absolute atomic E-state index is 0.0845. The smallest absolute Gasteiger partial charge is 0.123 e. The van der Waals surface area contributed by atoms with E-state index in [1.165, 1.54) is 5.39 Å². The van der Waals surface area contributed by atoms with Crippen LogP contribution in [-0.2, 0) is 0 Å². The first kappa shape index (κ1) is 13.3. The fraction of sp³-hybridized carbons (Fsp3) is 0.111. The van der Waals surface area contributed by atoms with E-state index in [-0.39, 0.29) is 6.61 Å². The van der Waals surface area contributed by atoms with Crippen LogP contribution in [0.1, 0.15) is 11.1 Å². The molecule has 0 fully saturated rings. The van der Waals surface area contributed by atoms with Gasteiger partial charge in [-0.1, -0.05) is 17.9 Å². The third-order valence-corrected chi connectivity index (χ3v) is 3.11. The van der Waals surface area contributed by atoms with Crippen molar-refractivity contribution in [3.8, 4) is 17.6 Å². The molecule has 0 spiro atoms. The van der Waals surface area contributed by atoms with E-state index in [4.69, 9.17) is 4.74 Å². The van der Waals surface area contributed by atoms with E-state index in [9.17, 15) is 4.39 Å². The second-order valence-electron chi connectivity index (χ2n) is 4.59. The van der Waals surface area contributed by atoms with Crippen LogP contribution in [0.5, 0.6) is 5.75 Å². The zero-order valence-corrected chi connectivity index (χ0v) is 11.4. The van der Waals surface area contributed by atoms with Crippen LogP contribution in [0.25, 0.3) is 10.9 Å². The van der Waals surface area contributed by atoms with Gasteiger partial charge in [0.05, 0.1) is 0 Å². The van der Waals surface area contributed by atoms with Gasteiger partial charge in [-0.3, -0.25) is 0 Å². The second kappa shape index (κ2) is 6.15. The lowest BCUT2D eigenvalue weighted by molar-refractivity contribution is 0.273. The molecule has 0 unspecified atom stereocenters. The maximum Gasteiger partial charge on any atom is 0.123 e. The highest BCUT2D eigenvalue weighted by molar-refractivity contribution is 5.80. The van der Waals surface area contributed by atoms with Gasteiger partial charge < -0.3 is 9.72 Å². The number of benzene rings is 2. The van der Waals surface area contributed by atoms with E-state index >= 15 is 0 Å².